The van der Waals surface area contributed by atoms with Crippen molar-refractivity contribution in [2.45, 2.75) is 19.4 Å². The molecule has 0 aliphatic carbocycles. The van der Waals surface area contributed by atoms with Gasteiger partial charge in [-0.25, -0.2) is 4.98 Å². The third kappa shape index (κ3) is 5.37. The molecule has 1 aliphatic rings. The van der Waals surface area contributed by atoms with Crippen molar-refractivity contribution in [2.24, 2.45) is 5.92 Å². The first-order valence-electron chi connectivity index (χ1n) is 11.2. The highest BCUT2D eigenvalue weighted by Crippen LogP contribution is 2.31. The first-order valence-corrected chi connectivity index (χ1v) is 13.1. The maximum absolute atomic E-state index is 6.46. The van der Waals surface area contributed by atoms with E-state index in [4.69, 9.17) is 39.8 Å². The Kier molecular flexibility index (Phi) is 7.32. The number of aromatic nitrogens is 3. The molecular formula is C25H23BrCl3N5. The van der Waals surface area contributed by atoms with Gasteiger partial charge in [-0.2, -0.15) is 9.61 Å². The van der Waals surface area contributed by atoms with Gasteiger partial charge in [0.25, 0.3) is 0 Å². The summed E-state index contributed by atoms with van der Waals surface area (Å²) in [4.78, 5) is 7.27. The minimum absolute atomic E-state index is 0.509. The molecule has 0 amide bonds. The molecule has 1 unspecified atom stereocenters. The average Bonchev–Trinajstić information content (AvgIpc) is 3.18. The van der Waals surface area contributed by atoms with Crippen LogP contribution >= 0.6 is 50.7 Å². The van der Waals surface area contributed by atoms with E-state index in [2.05, 4.69) is 31.2 Å². The van der Waals surface area contributed by atoms with E-state index < -0.39 is 0 Å². The molecule has 1 fully saturated rings. The Balaban J connectivity index is 1.33. The van der Waals surface area contributed by atoms with E-state index in [0.29, 0.717) is 21.0 Å². The predicted molar refractivity (Wildman–Crippen MR) is 144 cm³/mol. The molecular weight excluding hydrogens is 557 g/mol. The second-order valence-electron chi connectivity index (χ2n) is 8.64. The number of halogens is 4. The number of hydrogen-bond acceptors (Lipinski definition) is 4. The Labute approximate surface area is 222 Å². The Morgan fingerprint density at radius 2 is 1.85 bits per heavy atom. The number of piperidine rings is 1. The summed E-state index contributed by atoms with van der Waals surface area (Å²) < 4.78 is 2.67. The third-order valence-electron chi connectivity index (χ3n) is 6.08. The van der Waals surface area contributed by atoms with Gasteiger partial charge in [-0.3, -0.25) is 4.90 Å². The summed E-state index contributed by atoms with van der Waals surface area (Å²) in [5.74, 6) is 1.40. The van der Waals surface area contributed by atoms with Crippen molar-refractivity contribution in [1.82, 2.24) is 19.5 Å². The second-order valence-corrected chi connectivity index (χ2v) is 10.8. The molecule has 0 radical (unpaired) electrons. The van der Waals surface area contributed by atoms with E-state index in [1.807, 2.05) is 47.0 Å². The zero-order valence-electron chi connectivity index (χ0n) is 18.3. The Morgan fingerprint density at radius 3 is 2.65 bits per heavy atom. The van der Waals surface area contributed by atoms with Gasteiger partial charge in [-0.15, -0.1) is 0 Å². The van der Waals surface area contributed by atoms with Crippen molar-refractivity contribution in [3.8, 4) is 11.3 Å². The quantitative estimate of drug-likeness (QED) is 0.258. The highest BCUT2D eigenvalue weighted by molar-refractivity contribution is 9.10. The highest BCUT2D eigenvalue weighted by atomic mass is 79.9. The molecule has 34 heavy (non-hydrogen) atoms. The van der Waals surface area contributed by atoms with Crippen molar-refractivity contribution in [3.63, 3.8) is 0 Å². The van der Waals surface area contributed by atoms with Crippen molar-refractivity contribution in [3.05, 3.63) is 79.8 Å². The molecule has 5 nitrogen and oxygen atoms in total. The van der Waals surface area contributed by atoms with Gasteiger partial charge < -0.3 is 5.32 Å². The fourth-order valence-corrected chi connectivity index (χ4v) is 5.69. The summed E-state index contributed by atoms with van der Waals surface area (Å²) >= 11 is 22.4. The zero-order chi connectivity index (χ0) is 23.7. The number of nitrogens with zero attached hydrogens (tertiary/aromatic N) is 4. The maximum atomic E-state index is 6.46. The van der Waals surface area contributed by atoms with Gasteiger partial charge >= 0.3 is 0 Å². The molecule has 3 heterocycles. The minimum Gasteiger partial charge on any atom is -0.370 e. The summed E-state index contributed by atoms with van der Waals surface area (Å²) in [6, 6.07) is 15.5. The first kappa shape index (κ1) is 23.9. The lowest BCUT2D eigenvalue weighted by Gasteiger charge is -2.33. The van der Waals surface area contributed by atoms with Crippen LogP contribution in [0.4, 0.5) is 5.82 Å². The molecule has 0 spiro atoms. The molecule has 5 rings (SSSR count). The smallest absolute Gasteiger partial charge is 0.172 e. The SMILES string of the molecule is Clc1cc(Cl)cc(CN2CCCC(CNc3cc(-c4ccccc4Cl)nc4c(Br)cnn34)C2)c1. The number of nitrogens with one attached hydrogen (secondary N) is 1. The summed E-state index contributed by atoms with van der Waals surface area (Å²) in [5.41, 5.74) is 3.60. The normalized spacial score (nSPS) is 16.8. The van der Waals surface area contributed by atoms with Crippen LogP contribution in [0.25, 0.3) is 16.9 Å². The molecule has 4 aromatic rings. The van der Waals surface area contributed by atoms with E-state index >= 15 is 0 Å². The van der Waals surface area contributed by atoms with Crippen LogP contribution < -0.4 is 5.32 Å². The van der Waals surface area contributed by atoms with Crippen LogP contribution in [-0.2, 0) is 6.54 Å². The highest BCUT2D eigenvalue weighted by Gasteiger charge is 2.21. The van der Waals surface area contributed by atoms with Gasteiger partial charge in [0.1, 0.15) is 5.82 Å². The predicted octanol–water partition coefficient (Wildman–Crippen LogP) is 7.44. The minimum atomic E-state index is 0.509. The lowest BCUT2D eigenvalue weighted by molar-refractivity contribution is 0.173. The third-order valence-corrected chi connectivity index (χ3v) is 7.41. The van der Waals surface area contributed by atoms with Crippen LogP contribution in [0, 0.1) is 5.92 Å². The molecule has 1 atom stereocenters. The van der Waals surface area contributed by atoms with Crippen molar-refractivity contribution < 1.29 is 0 Å². The van der Waals surface area contributed by atoms with E-state index in [0.717, 1.165) is 65.4 Å². The van der Waals surface area contributed by atoms with E-state index in [-0.39, 0.29) is 0 Å². The Morgan fingerprint density at radius 1 is 1.06 bits per heavy atom. The monoisotopic (exact) mass is 577 g/mol. The van der Waals surface area contributed by atoms with E-state index in [1.165, 1.54) is 6.42 Å². The molecule has 2 aromatic carbocycles. The summed E-state index contributed by atoms with van der Waals surface area (Å²) in [5, 5.41) is 10.2. The molecule has 0 saturated carbocycles. The Hall–Kier alpha value is -1.83. The molecule has 1 aliphatic heterocycles. The number of anilines is 1. The number of benzene rings is 2. The molecule has 1 saturated heterocycles. The second kappa shape index (κ2) is 10.4. The van der Waals surface area contributed by atoms with Crippen LogP contribution in [0.5, 0.6) is 0 Å². The number of hydrogen-bond donors (Lipinski definition) is 1. The average molecular weight is 580 g/mol. The number of likely N-dealkylation sites (tertiary alicyclic amines) is 1. The van der Waals surface area contributed by atoms with E-state index in [9.17, 15) is 0 Å². The van der Waals surface area contributed by atoms with Gasteiger partial charge in [-0.1, -0.05) is 53.0 Å². The van der Waals surface area contributed by atoms with Crippen molar-refractivity contribution in [2.75, 3.05) is 25.0 Å². The van der Waals surface area contributed by atoms with Gasteiger partial charge in [0.15, 0.2) is 5.65 Å². The van der Waals surface area contributed by atoms with Crippen molar-refractivity contribution in [1.29, 1.82) is 0 Å². The summed E-state index contributed by atoms with van der Waals surface area (Å²) in [7, 11) is 0. The zero-order valence-corrected chi connectivity index (χ0v) is 22.2. The molecule has 9 heteroatoms. The fraction of sp³-hybridized carbons (Fsp3) is 0.280. The topological polar surface area (TPSA) is 45.5 Å². The molecule has 2 aromatic heterocycles. The lowest BCUT2D eigenvalue weighted by Crippen LogP contribution is -2.37. The van der Waals surface area contributed by atoms with Crippen LogP contribution in [0.2, 0.25) is 15.1 Å². The van der Waals surface area contributed by atoms with Crippen LogP contribution in [0.3, 0.4) is 0 Å². The van der Waals surface area contributed by atoms with Gasteiger partial charge in [-0.05, 0) is 71.1 Å². The van der Waals surface area contributed by atoms with Crippen LogP contribution in [0.15, 0.2) is 59.2 Å². The summed E-state index contributed by atoms with van der Waals surface area (Å²) in [6.45, 7) is 3.76. The largest absolute Gasteiger partial charge is 0.370 e. The fourth-order valence-electron chi connectivity index (χ4n) is 4.54. The molecule has 1 N–H and O–H groups in total. The van der Waals surface area contributed by atoms with E-state index in [1.54, 1.807) is 12.3 Å². The molecule has 0 bridgehead atoms. The maximum Gasteiger partial charge on any atom is 0.172 e. The molecule has 176 valence electrons. The first-order chi connectivity index (χ1) is 16.5. The van der Waals surface area contributed by atoms with Crippen LogP contribution in [0.1, 0.15) is 18.4 Å². The number of rotatable bonds is 6. The van der Waals surface area contributed by atoms with Gasteiger partial charge in [0.2, 0.25) is 0 Å². The van der Waals surface area contributed by atoms with Crippen molar-refractivity contribution >= 4 is 62.2 Å². The number of fused-ring (bicyclic) bond motifs is 1. The van der Waals surface area contributed by atoms with Crippen LogP contribution in [-0.4, -0.2) is 39.1 Å². The summed E-state index contributed by atoms with van der Waals surface area (Å²) in [6.07, 6.45) is 4.10. The van der Waals surface area contributed by atoms with Gasteiger partial charge in [0.05, 0.1) is 16.4 Å². The lowest BCUT2D eigenvalue weighted by atomic mass is 9.97. The standard InChI is InChI=1S/C25H23BrCl3N5/c26-21-13-31-34-24(11-23(32-25(21)34)20-5-1-2-6-22(20)29)30-12-16-4-3-7-33(14-16)15-17-8-18(27)10-19(28)9-17/h1-2,5-6,8-11,13,16,30H,3-4,7,12,14-15H2. The Bertz CT molecular complexity index is 1310. The van der Waals surface area contributed by atoms with Gasteiger partial charge in [0, 0.05) is 46.3 Å².